The summed E-state index contributed by atoms with van der Waals surface area (Å²) in [4.78, 5) is 14.2. The maximum absolute atomic E-state index is 6.51. The average Bonchev–Trinajstić information content (AvgIpc) is 3.83. The van der Waals surface area contributed by atoms with Gasteiger partial charge in [0.1, 0.15) is 0 Å². The van der Waals surface area contributed by atoms with Crippen LogP contribution >= 0.6 is 0 Å². The van der Waals surface area contributed by atoms with Crippen molar-refractivity contribution in [2.24, 2.45) is 0 Å². The SMILES string of the molecule is Cc1cccc(C)c1-c1cc(-c2c(C)cccc2C)c2c(c1)c1ccc(Oc3[c-]c4c(cc3)c3ncccc3n3ccnc43)[c-]c1c1nccn12.[Pt+2]. The molecule has 10 rings (SSSR count). The maximum atomic E-state index is 6.51. The van der Waals surface area contributed by atoms with Gasteiger partial charge in [-0.2, -0.15) is 0 Å². The van der Waals surface area contributed by atoms with E-state index in [0.29, 0.717) is 11.5 Å². The first kappa shape index (κ1) is 32.1. The fourth-order valence-electron chi connectivity index (χ4n) is 8.05. The Kier molecular flexibility index (Phi) is 7.49. The Morgan fingerprint density at radius 2 is 1.15 bits per heavy atom. The van der Waals surface area contributed by atoms with Crippen LogP contribution in [0.25, 0.3) is 77.0 Å². The first-order valence-corrected chi connectivity index (χ1v) is 17.1. The van der Waals surface area contributed by atoms with Crippen molar-refractivity contribution >= 4 is 54.8 Å². The van der Waals surface area contributed by atoms with E-state index in [4.69, 9.17) is 9.72 Å². The summed E-state index contributed by atoms with van der Waals surface area (Å²) in [5, 5.41) is 4.92. The predicted molar refractivity (Wildman–Crippen MR) is 206 cm³/mol. The second-order valence-corrected chi connectivity index (χ2v) is 13.4. The zero-order valence-electron chi connectivity index (χ0n) is 28.9. The van der Waals surface area contributed by atoms with E-state index in [-0.39, 0.29) is 21.1 Å². The molecule has 0 amide bonds. The van der Waals surface area contributed by atoms with Crippen molar-refractivity contribution in [3.8, 4) is 33.8 Å². The molecule has 0 N–H and O–H groups in total. The summed E-state index contributed by atoms with van der Waals surface area (Å²) in [6.45, 7) is 8.79. The summed E-state index contributed by atoms with van der Waals surface area (Å²) < 4.78 is 10.8. The third kappa shape index (κ3) is 4.78. The zero-order valence-corrected chi connectivity index (χ0v) is 31.2. The molecule has 0 bridgehead atoms. The van der Waals surface area contributed by atoms with Gasteiger partial charge in [-0.05, 0) is 90.2 Å². The maximum Gasteiger partial charge on any atom is 2.00 e. The Labute approximate surface area is 314 Å². The van der Waals surface area contributed by atoms with E-state index in [2.05, 4.69) is 121 Å². The average molecular weight is 853 g/mol. The first-order valence-electron chi connectivity index (χ1n) is 17.1. The van der Waals surface area contributed by atoms with E-state index in [1.54, 1.807) is 6.20 Å². The number of aromatic nitrogens is 5. The van der Waals surface area contributed by atoms with E-state index in [1.165, 1.54) is 44.5 Å². The van der Waals surface area contributed by atoms with Crippen molar-refractivity contribution in [3.05, 3.63) is 150 Å². The Bertz CT molecular complexity index is 3030. The zero-order chi connectivity index (χ0) is 34.4. The van der Waals surface area contributed by atoms with E-state index >= 15 is 0 Å². The van der Waals surface area contributed by atoms with Crippen LogP contribution in [0.5, 0.6) is 11.5 Å². The molecule has 0 atom stereocenters. The molecule has 5 aromatic heterocycles. The van der Waals surface area contributed by atoms with Gasteiger partial charge in [-0.1, -0.05) is 88.3 Å². The van der Waals surface area contributed by atoms with Gasteiger partial charge < -0.3 is 13.5 Å². The van der Waals surface area contributed by atoms with Gasteiger partial charge in [0.15, 0.2) is 0 Å². The summed E-state index contributed by atoms with van der Waals surface area (Å²) in [6.07, 6.45) is 9.50. The van der Waals surface area contributed by atoms with Gasteiger partial charge in [0.05, 0.1) is 22.3 Å². The molecule has 0 unspecified atom stereocenters. The minimum absolute atomic E-state index is 0. The third-order valence-corrected chi connectivity index (χ3v) is 10.2. The van der Waals surface area contributed by atoms with Crippen LogP contribution in [0.4, 0.5) is 0 Å². The molecule has 7 heteroatoms. The van der Waals surface area contributed by atoms with Gasteiger partial charge in [0.25, 0.3) is 0 Å². The fraction of sp³-hybridized carbons (Fsp3) is 0.0889. The number of hydrogen-bond acceptors (Lipinski definition) is 4. The van der Waals surface area contributed by atoms with Crippen LogP contribution in [0.15, 0.2) is 116 Å². The third-order valence-electron chi connectivity index (χ3n) is 10.2. The molecular formula is C45H31N5OPt. The minimum atomic E-state index is 0. The molecule has 6 nitrogen and oxygen atoms in total. The molecule has 0 spiro atoms. The molecule has 0 aliphatic heterocycles. The summed E-state index contributed by atoms with van der Waals surface area (Å²) >= 11 is 0. The molecule has 10 aromatic rings. The number of hydrogen-bond donors (Lipinski definition) is 0. The molecule has 0 radical (unpaired) electrons. The number of rotatable bonds is 4. The predicted octanol–water partition coefficient (Wildman–Crippen LogP) is 10.9. The van der Waals surface area contributed by atoms with Crippen LogP contribution in [0, 0.1) is 39.8 Å². The van der Waals surface area contributed by atoms with Gasteiger partial charge in [-0.25, -0.2) is 0 Å². The van der Waals surface area contributed by atoms with E-state index in [0.717, 1.165) is 54.8 Å². The second-order valence-electron chi connectivity index (χ2n) is 13.4. The molecule has 5 aromatic carbocycles. The van der Waals surface area contributed by atoms with Crippen molar-refractivity contribution in [1.82, 2.24) is 23.8 Å². The molecule has 0 saturated carbocycles. The van der Waals surface area contributed by atoms with Gasteiger partial charge in [0, 0.05) is 53.6 Å². The number of nitrogens with zero attached hydrogens (tertiary/aromatic N) is 5. The molecule has 52 heavy (non-hydrogen) atoms. The van der Waals surface area contributed by atoms with Crippen LogP contribution in [-0.2, 0) is 21.1 Å². The number of benzene rings is 5. The summed E-state index contributed by atoms with van der Waals surface area (Å²) in [6, 6.07) is 37.0. The molecule has 252 valence electrons. The summed E-state index contributed by atoms with van der Waals surface area (Å²) in [5.74, 6) is 1.16. The van der Waals surface area contributed by atoms with E-state index in [1.807, 2.05) is 47.3 Å². The Morgan fingerprint density at radius 3 is 1.85 bits per heavy atom. The number of pyridine rings is 3. The number of fused-ring (bicyclic) bond motifs is 12. The smallest absolute Gasteiger partial charge is 0.497 e. The van der Waals surface area contributed by atoms with E-state index in [9.17, 15) is 0 Å². The van der Waals surface area contributed by atoms with Gasteiger partial charge in [-0.3, -0.25) is 15.0 Å². The quantitative estimate of drug-likeness (QED) is 0.131. The van der Waals surface area contributed by atoms with Gasteiger partial charge >= 0.3 is 21.1 Å². The molecule has 0 aliphatic rings. The largest absolute Gasteiger partial charge is 2.00 e. The Morgan fingerprint density at radius 1 is 0.558 bits per heavy atom. The summed E-state index contributed by atoms with van der Waals surface area (Å²) in [7, 11) is 0. The van der Waals surface area contributed by atoms with E-state index < -0.39 is 0 Å². The van der Waals surface area contributed by atoms with Crippen LogP contribution in [0.1, 0.15) is 22.3 Å². The Hall–Kier alpha value is -5.84. The van der Waals surface area contributed by atoms with Crippen LogP contribution < -0.4 is 4.74 Å². The van der Waals surface area contributed by atoms with Crippen molar-refractivity contribution in [2.75, 3.05) is 0 Å². The van der Waals surface area contributed by atoms with Crippen LogP contribution in [0.3, 0.4) is 0 Å². The monoisotopic (exact) mass is 852 g/mol. The summed E-state index contributed by atoms with van der Waals surface area (Å²) in [5.41, 5.74) is 14.5. The molecule has 0 fully saturated rings. The molecule has 0 saturated heterocycles. The first-order chi connectivity index (χ1) is 24.9. The molecule has 0 aliphatic carbocycles. The molecular weight excluding hydrogens is 822 g/mol. The second kappa shape index (κ2) is 12.1. The standard InChI is InChI=1S/C45H31N5O.Pt/c1-26-8-5-9-27(2)40(26)30-22-35-33-15-13-31(51-32-14-16-34-37(25-32)44-47-18-20-49(44)39-12-7-17-46-42(34)39)24-36(33)45-48-19-21-50(45)43(35)38(23-30)41-28(3)10-6-11-29(41)4;/h5-23H,1-4H3;/q-2;+2. The van der Waals surface area contributed by atoms with Crippen molar-refractivity contribution in [1.29, 1.82) is 0 Å². The fourth-order valence-corrected chi connectivity index (χ4v) is 8.05. The topological polar surface area (TPSA) is 56.7 Å². The number of aryl methyl sites for hydroxylation is 4. The van der Waals surface area contributed by atoms with Gasteiger partial charge in [-0.15, -0.1) is 12.1 Å². The van der Waals surface area contributed by atoms with Crippen LogP contribution in [0.2, 0.25) is 0 Å². The number of ether oxygens (including phenoxy) is 1. The number of imidazole rings is 2. The van der Waals surface area contributed by atoms with Crippen molar-refractivity contribution < 1.29 is 25.8 Å². The van der Waals surface area contributed by atoms with Crippen molar-refractivity contribution in [3.63, 3.8) is 0 Å². The van der Waals surface area contributed by atoms with Crippen molar-refractivity contribution in [2.45, 2.75) is 27.7 Å². The van der Waals surface area contributed by atoms with Gasteiger partial charge in [0.2, 0.25) is 0 Å². The molecule has 5 heterocycles. The normalized spacial score (nSPS) is 11.7. The van der Waals surface area contributed by atoms with Crippen LogP contribution in [-0.4, -0.2) is 23.8 Å². The Balaban J connectivity index is 0.00000360. The minimum Gasteiger partial charge on any atom is -0.497 e.